The maximum Gasteiger partial charge on any atom is 0.237 e. The van der Waals surface area contributed by atoms with Gasteiger partial charge in [-0.05, 0) is 43.7 Å². The van der Waals surface area contributed by atoms with E-state index in [1.54, 1.807) is 11.1 Å². The third-order valence-corrected chi connectivity index (χ3v) is 6.42. The largest absolute Gasteiger partial charge is 0.324 e. The van der Waals surface area contributed by atoms with E-state index in [0.717, 1.165) is 16.9 Å². The first-order chi connectivity index (χ1) is 14.5. The Morgan fingerprint density at radius 1 is 1.23 bits per heavy atom. The molecule has 2 heterocycles. The van der Waals surface area contributed by atoms with Crippen molar-refractivity contribution in [2.24, 2.45) is 0 Å². The molecule has 4 rings (SSSR count). The maximum atomic E-state index is 13.2. The number of imidazole rings is 1. The number of nitrogens with one attached hydrogen (secondary N) is 1. The number of amides is 2. The van der Waals surface area contributed by atoms with Crippen LogP contribution in [0.3, 0.4) is 0 Å². The van der Waals surface area contributed by atoms with Crippen molar-refractivity contribution in [3.05, 3.63) is 65.4 Å². The molecule has 154 valence electrons. The van der Waals surface area contributed by atoms with E-state index in [9.17, 15) is 9.59 Å². The fourth-order valence-electron chi connectivity index (χ4n) is 3.60. The van der Waals surface area contributed by atoms with Gasteiger partial charge in [0.1, 0.15) is 0 Å². The molecule has 2 aromatic carbocycles. The Labute approximate surface area is 184 Å². The van der Waals surface area contributed by atoms with E-state index in [1.807, 2.05) is 67.1 Å². The second kappa shape index (κ2) is 8.53. The quantitative estimate of drug-likeness (QED) is 0.597. The summed E-state index contributed by atoms with van der Waals surface area (Å²) in [5, 5.41) is 4.27. The zero-order valence-electron chi connectivity index (χ0n) is 16.6. The van der Waals surface area contributed by atoms with Crippen molar-refractivity contribution in [1.29, 1.82) is 0 Å². The van der Waals surface area contributed by atoms with Gasteiger partial charge >= 0.3 is 0 Å². The number of halogens is 1. The van der Waals surface area contributed by atoms with Gasteiger partial charge in [0, 0.05) is 29.9 Å². The lowest BCUT2D eigenvalue weighted by Crippen LogP contribution is -2.40. The van der Waals surface area contributed by atoms with Gasteiger partial charge in [-0.2, -0.15) is 0 Å². The standard InChI is InChI=1S/C22H21ClN4O2S/c1-14-12-20(28)25-17-7-3-4-8-19(17)27(14)21(29)13-30-22-24-10-11-26(22)18-9-5-6-16(23)15(18)2/h3-11,14H,12-13H2,1-2H3,(H,25,28)/t14-/m0/s1. The SMILES string of the molecule is Cc1c(Cl)cccc1-n1ccnc1SCC(=O)N1c2ccccc2NC(=O)C[C@@H]1C. The van der Waals surface area contributed by atoms with Gasteiger partial charge in [0.25, 0.3) is 0 Å². The van der Waals surface area contributed by atoms with Crippen LogP contribution in [0.15, 0.2) is 60.0 Å². The monoisotopic (exact) mass is 440 g/mol. The van der Waals surface area contributed by atoms with Crippen molar-refractivity contribution in [2.75, 3.05) is 16.0 Å². The predicted molar refractivity (Wildman–Crippen MR) is 121 cm³/mol. The van der Waals surface area contributed by atoms with Crippen LogP contribution in [0.25, 0.3) is 5.69 Å². The molecule has 1 aliphatic heterocycles. The lowest BCUT2D eigenvalue weighted by molar-refractivity contribution is -0.117. The summed E-state index contributed by atoms with van der Waals surface area (Å²) in [5.74, 6) is 0.0300. The van der Waals surface area contributed by atoms with Crippen LogP contribution >= 0.6 is 23.4 Å². The first-order valence-corrected chi connectivity index (χ1v) is 10.9. The molecular weight excluding hydrogens is 420 g/mol. The van der Waals surface area contributed by atoms with Gasteiger partial charge in [0.15, 0.2) is 5.16 Å². The number of anilines is 2. The fraction of sp³-hybridized carbons (Fsp3) is 0.227. The highest BCUT2D eigenvalue weighted by molar-refractivity contribution is 7.99. The van der Waals surface area contributed by atoms with E-state index in [4.69, 9.17) is 11.6 Å². The van der Waals surface area contributed by atoms with Gasteiger partial charge in [-0.15, -0.1) is 0 Å². The Hall–Kier alpha value is -2.77. The highest BCUT2D eigenvalue weighted by Gasteiger charge is 2.29. The highest BCUT2D eigenvalue weighted by Crippen LogP contribution is 2.33. The third kappa shape index (κ3) is 3.95. The summed E-state index contributed by atoms with van der Waals surface area (Å²) in [6.45, 7) is 3.84. The van der Waals surface area contributed by atoms with Gasteiger partial charge in [-0.3, -0.25) is 14.2 Å². The molecule has 8 heteroatoms. The first kappa shape index (κ1) is 20.5. The number of rotatable bonds is 4. The summed E-state index contributed by atoms with van der Waals surface area (Å²) in [4.78, 5) is 31.5. The third-order valence-electron chi connectivity index (χ3n) is 5.06. The Bertz CT molecular complexity index is 1110. The van der Waals surface area contributed by atoms with Crippen molar-refractivity contribution in [3.63, 3.8) is 0 Å². The minimum absolute atomic E-state index is 0.0752. The smallest absolute Gasteiger partial charge is 0.237 e. The highest BCUT2D eigenvalue weighted by atomic mass is 35.5. The molecule has 3 aromatic rings. The topological polar surface area (TPSA) is 67.2 Å². The Morgan fingerprint density at radius 2 is 2.00 bits per heavy atom. The van der Waals surface area contributed by atoms with Crippen molar-refractivity contribution in [2.45, 2.75) is 31.5 Å². The van der Waals surface area contributed by atoms with Crippen LogP contribution in [0.2, 0.25) is 5.02 Å². The molecule has 0 aliphatic carbocycles. The minimum Gasteiger partial charge on any atom is -0.324 e. The number of carbonyl (C=O) groups excluding carboxylic acids is 2. The minimum atomic E-state index is -0.239. The number of fused-ring (bicyclic) bond motifs is 1. The number of hydrogen-bond donors (Lipinski definition) is 1. The summed E-state index contributed by atoms with van der Waals surface area (Å²) in [6, 6.07) is 12.9. The predicted octanol–water partition coefficient (Wildman–Crippen LogP) is 4.69. The second-order valence-corrected chi connectivity index (χ2v) is 8.48. The molecule has 0 unspecified atom stereocenters. The molecule has 6 nitrogen and oxygen atoms in total. The fourth-order valence-corrected chi connectivity index (χ4v) is 4.60. The van der Waals surface area contributed by atoms with Crippen molar-refractivity contribution >= 4 is 46.6 Å². The second-order valence-electron chi connectivity index (χ2n) is 7.13. The molecule has 2 amide bonds. The molecular formula is C22H21ClN4O2S. The average molecular weight is 441 g/mol. The maximum absolute atomic E-state index is 13.2. The molecule has 1 N–H and O–H groups in total. The van der Waals surface area contributed by atoms with E-state index in [1.165, 1.54) is 11.8 Å². The molecule has 0 spiro atoms. The van der Waals surface area contributed by atoms with E-state index < -0.39 is 0 Å². The lowest BCUT2D eigenvalue weighted by atomic mass is 10.2. The van der Waals surface area contributed by atoms with E-state index in [2.05, 4.69) is 10.3 Å². The van der Waals surface area contributed by atoms with Crippen LogP contribution in [0.1, 0.15) is 18.9 Å². The molecule has 1 aliphatic rings. The van der Waals surface area contributed by atoms with Crippen LogP contribution in [0.4, 0.5) is 11.4 Å². The summed E-state index contributed by atoms with van der Waals surface area (Å²) in [7, 11) is 0. The van der Waals surface area contributed by atoms with Crippen LogP contribution in [-0.4, -0.2) is 33.2 Å². The van der Waals surface area contributed by atoms with Crippen LogP contribution in [0.5, 0.6) is 0 Å². The van der Waals surface area contributed by atoms with Crippen molar-refractivity contribution in [3.8, 4) is 5.69 Å². The summed E-state index contributed by atoms with van der Waals surface area (Å²) in [6.07, 6.45) is 3.82. The summed E-state index contributed by atoms with van der Waals surface area (Å²) >= 11 is 7.63. The summed E-state index contributed by atoms with van der Waals surface area (Å²) in [5.41, 5.74) is 3.25. The molecule has 0 saturated carbocycles. The van der Waals surface area contributed by atoms with Gasteiger partial charge in [0.05, 0.1) is 22.8 Å². The lowest BCUT2D eigenvalue weighted by Gasteiger charge is -2.27. The number of nitrogens with zero attached hydrogens (tertiary/aromatic N) is 3. The number of aromatic nitrogens is 2. The van der Waals surface area contributed by atoms with Crippen LogP contribution < -0.4 is 10.2 Å². The average Bonchev–Trinajstić information content (AvgIpc) is 3.13. The number of thioether (sulfide) groups is 1. The molecule has 0 radical (unpaired) electrons. The Balaban J connectivity index is 1.57. The van der Waals surface area contributed by atoms with Gasteiger partial charge in [0.2, 0.25) is 11.8 Å². The molecule has 1 atom stereocenters. The zero-order chi connectivity index (χ0) is 21.3. The Morgan fingerprint density at radius 3 is 2.83 bits per heavy atom. The van der Waals surface area contributed by atoms with E-state index in [0.29, 0.717) is 15.9 Å². The van der Waals surface area contributed by atoms with E-state index in [-0.39, 0.29) is 30.0 Å². The molecule has 0 fully saturated rings. The van der Waals surface area contributed by atoms with Gasteiger partial charge in [-0.25, -0.2) is 4.98 Å². The number of benzene rings is 2. The van der Waals surface area contributed by atoms with E-state index >= 15 is 0 Å². The van der Waals surface area contributed by atoms with Crippen LogP contribution in [-0.2, 0) is 9.59 Å². The zero-order valence-corrected chi connectivity index (χ0v) is 18.2. The number of para-hydroxylation sites is 2. The molecule has 30 heavy (non-hydrogen) atoms. The van der Waals surface area contributed by atoms with Crippen molar-refractivity contribution in [1.82, 2.24) is 9.55 Å². The Kier molecular flexibility index (Phi) is 5.83. The molecule has 1 aromatic heterocycles. The number of hydrogen-bond acceptors (Lipinski definition) is 4. The van der Waals surface area contributed by atoms with Crippen LogP contribution in [0, 0.1) is 6.92 Å². The number of carbonyl (C=O) groups is 2. The summed E-state index contributed by atoms with van der Waals surface area (Å²) < 4.78 is 1.93. The molecule has 0 bridgehead atoms. The van der Waals surface area contributed by atoms with Gasteiger partial charge < -0.3 is 10.2 Å². The van der Waals surface area contributed by atoms with Crippen molar-refractivity contribution < 1.29 is 9.59 Å². The first-order valence-electron chi connectivity index (χ1n) is 9.58. The van der Waals surface area contributed by atoms with Gasteiger partial charge in [-0.1, -0.05) is 41.6 Å². The normalized spacial score (nSPS) is 16.0. The molecule has 0 saturated heterocycles.